The maximum absolute atomic E-state index is 12.2. The Morgan fingerprint density at radius 1 is 1.07 bits per heavy atom. The highest BCUT2D eigenvalue weighted by Gasteiger charge is 2.18. The first-order valence-electron chi connectivity index (χ1n) is 8.08. The minimum atomic E-state index is -0.829. The predicted molar refractivity (Wildman–Crippen MR) is 95.2 cm³/mol. The number of carbonyl (C=O) groups excluding carboxylic acids is 4. The monoisotopic (exact) mass is 373 g/mol. The Hall–Kier alpha value is -3.62. The van der Waals surface area contributed by atoms with Crippen molar-refractivity contribution in [2.24, 2.45) is 0 Å². The number of nitrogens with one attached hydrogen (secondary N) is 3. The number of anilines is 1. The fraction of sp³-hybridized carbons (Fsp3) is 0.222. The molecule has 4 amide bonds. The Bertz CT molecular complexity index is 829. The van der Waals surface area contributed by atoms with Gasteiger partial charge in [-0.25, -0.2) is 9.59 Å². The van der Waals surface area contributed by atoms with Crippen LogP contribution < -0.4 is 16.0 Å². The molecule has 0 atom stereocenters. The second kappa shape index (κ2) is 9.18. The number of benzene rings is 1. The molecule has 9 heteroatoms. The molecule has 1 aromatic carbocycles. The quantitative estimate of drug-likeness (QED) is 0.664. The lowest BCUT2D eigenvalue weighted by Crippen LogP contribution is -2.44. The van der Waals surface area contributed by atoms with Crippen LogP contribution in [-0.4, -0.2) is 36.5 Å². The molecule has 9 nitrogen and oxygen atoms in total. The van der Waals surface area contributed by atoms with Gasteiger partial charge in [0.2, 0.25) is 0 Å². The van der Waals surface area contributed by atoms with Gasteiger partial charge in [-0.3, -0.25) is 14.9 Å². The summed E-state index contributed by atoms with van der Waals surface area (Å²) in [6.45, 7) is 2.82. The Morgan fingerprint density at radius 2 is 1.81 bits per heavy atom. The predicted octanol–water partition coefficient (Wildman–Crippen LogP) is 1.92. The molecule has 0 aliphatic rings. The first-order chi connectivity index (χ1) is 12.9. The Kier molecular flexibility index (Phi) is 6.70. The van der Waals surface area contributed by atoms with Crippen molar-refractivity contribution < 1.29 is 28.3 Å². The molecule has 0 aliphatic carbocycles. The highest BCUT2D eigenvalue weighted by atomic mass is 16.5. The maximum Gasteiger partial charge on any atom is 0.340 e. The van der Waals surface area contributed by atoms with Gasteiger partial charge in [0.05, 0.1) is 17.5 Å². The van der Waals surface area contributed by atoms with Gasteiger partial charge in [0.25, 0.3) is 11.8 Å². The van der Waals surface area contributed by atoms with Gasteiger partial charge in [-0.15, -0.1) is 0 Å². The summed E-state index contributed by atoms with van der Waals surface area (Å²) in [4.78, 5) is 47.4. The van der Waals surface area contributed by atoms with Gasteiger partial charge in [-0.05, 0) is 38.1 Å². The number of urea groups is 1. The van der Waals surface area contributed by atoms with Crippen molar-refractivity contribution in [2.75, 3.05) is 11.9 Å². The zero-order chi connectivity index (χ0) is 19.8. The zero-order valence-electron chi connectivity index (χ0n) is 14.8. The van der Waals surface area contributed by atoms with Crippen molar-refractivity contribution >= 4 is 29.5 Å². The smallest absolute Gasteiger partial charge is 0.340 e. The van der Waals surface area contributed by atoms with Crippen LogP contribution in [0.25, 0.3) is 0 Å². The summed E-state index contributed by atoms with van der Waals surface area (Å²) in [6, 6.07) is 8.35. The number of esters is 1. The number of carbonyl (C=O) groups is 4. The first kappa shape index (κ1) is 19.7. The summed E-state index contributed by atoms with van der Waals surface area (Å²) >= 11 is 0. The fourth-order valence-electron chi connectivity index (χ4n) is 2.03. The third-order valence-electron chi connectivity index (χ3n) is 3.15. The summed E-state index contributed by atoms with van der Waals surface area (Å²) in [5.41, 5.74) is 0.249. The Labute approximate surface area is 155 Å². The van der Waals surface area contributed by atoms with Crippen LogP contribution in [0.5, 0.6) is 0 Å². The van der Waals surface area contributed by atoms with E-state index >= 15 is 0 Å². The molecule has 0 bridgehead atoms. The molecule has 1 aromatic heterocycles. The van der Waals surface area contributed by atoms with Crippen LogP contribution in [0.2, 0.25) is 0 Å². The number of hydrogen-bond acceptors (Lipinski definition) is 6. The third kappa shape index (κ3) is 5.99. The SMILES string of the molecule is CC(C)NC(=O)NC(=O)COC(=O)c1ccccc1NC(=O)c1ccco1. The van der Waals surface area contributed by atoms with E-state index in [1.165, 1.54) is 24.5 Å². The van der Waals surface area contributed by atoms with E-state index in [4.69, 9.17) is 9.15 Å². The second-order valence-corrected chi connectivity index (χ2v) is 5.73. The second-order valence-electron chi connectivity index (χ2n) is 5.73. The number of ether oxygens (including phenoxy) is 1. The average molecular weight is 373 g/mol. The lowest BCUT2D eigenvalue weighted by Gasteiger charge is -2.11. The van der Waals surface area contributed by atoms with Crippen molar-refractivity contribution in [1.82, 2.24) is 10.6 Å². The molecule has 142 valence electrons. The molecule has 0 spiro atoms. The molecule has 2 rings (SSSR count). The molecule has 0 saturated heterocycles. The van der Waals surface area contributed by atoms with Gasteiger partial charge in [0, 0.05) is 6.04 Å². The topological polar surface area (TPSA) is 127 Å². The van der Waals surface area contributed by atoms with E-state index in [1.54, 1.807) is 32.0 Å². The van der Waals surface area contributed by atoms with Gasteiger partial charge < -0.3 is 19.8 Å². The van der Waals surface area contributed by atoms with E-state index in [0.717, 1.165) is 0 Å². The van der Waals surface area contributed by atoms with Crippen LogP contribution in [0.15, 0.2) is 47.1 Å². The minimum Gasteiger partial charge on any atom is -0.459 e. The summed E-state index contributed by atoms with van der Waals surface area (Å²) in [5.74, 6) is -2.07. The highest BCUT2D eigenvalue weighted by molar-refractivity contribution is 6.07. The Balaban J connectivity index is 1.95. The summed E-state index contributed by atoms with van der Waals surface area (Å²) in [7, 11) is 0. The van der Waals surface area contributed by atoms with Crippen LogP contribution in [0.4, 0.5) is 10.5 Å². The number of rotatable bonds is 6. The molecular weight excluding hydrogens is 354 g/mol. The van der Waals surface area contributed by atoms with Crippen LogP contribution >= 0.6 is 0 Å². The van der Waals surface area contributed by atoms with Crippen molar-refractivity contribution in [1.29, 1.82) is 0 Å². The molecule has 0 fully saturated rings. The number of hydrogen-bond donors (Lipinski definition) is 3. The number of para-hydroxylation sites is 1. The minimum absolute atomic E-state index is 0.0526. The standard InChI is InChI=1S/C18H19N3O6/c1-11(2)19-18(25)21-15(22)10-27-17(24)12-6-3-4-7-13(12)20-16(23)14-8-5-9-26-14/h3-9,11H,10H2,1-2H3,(H,20,23)(H2,19,21,22,25). The van der Waals surface area contributed by atoms with Crippen LogP contribution in [0, 0.1) is 0 Å². The van der Waals surface area contributed by atoms with Gasteiger partial charge in [-0.2, -0.15) is 0 Å². The van der Waals surface area contributed by atoms with Crippen molar-refractivity contribution in [2.45, 2.75) is 19.9 Å². The number of amides is 4. The first-order valence-corrected chi connectivity index (χ1v) is 8.08. The van der Waals surface area contributed by atoms with Crippen LogP contribution in [0.1, 0.15) is 34.8 Å². The van der Waals surface area contributed by atoms with E-state index < -0.39 is 30.4 Å². The van der Waals surface area contributed by atoms with Crippen LogP contribution in [-0.2, 0) is 9.53 Å². The summed E-state index contributed by atoms with van der Waals surface area (Å²) < 4.78 is 9.90. The van der Waals surface area contributed by atoms with Gasteiger partial charge >= 0.3 is 12.0 Å². The Morgan fingerprint density at radius 3 is 2.48 bits per heavy atom. The fourth-order valence-corrected chi connectivity index (χ4v) is 2.03. The van der Waals surface area contributed by atoms with Crippen molar-refractivity contribution in [3.8, 4) is 0 Å². The molecule has 27 heavy (non-hydrogen) atoms. The molecule has 3 N–H and O–H groups in total. The normalized spacial score (nSPS) is 10.2. The lowest BCUT2D eigenvalue weighted by atomic mass is 10.1. The zero-order valence-corrected chi connectivity index (χ0v) is 14.8. The van der Waals surface area contributed by atoms with E-state index in [1.807, 2.05) is 5.32 Å². The van der Waals surface area contributed by atoms with Crippen molar-refractivity contribution in [3.05, 3.63) is 54.0 Å². The average Bonchev–Trinajstić information content (AvgIpc) is 3.14. The van der Waals surface area contributed by atoms with E-state index in [2.05, 4.69) is 10.6 Å². The lowest BCUT2D eigenvalue weighted by molar-refractivity contribution is -0.123. The van der Waals surface area contributed by atoms with Gasteiger partial charge in [-0.1, -0.05) is 12.1 Å². The molecule has 1 heterocycles. The van der Waals surface area contributed by atoms with Crippen LogP contribution in [0.3, 0.4) is 0 Å². The van der Waals surface area contributed by atoms with E-state index in [0.29, 0.717) is 0 Å². The van der Waals surface area contributed by atoms with Crippen molar-refractivity contribution in [3.63, 3.8) is 0 Å². The van der Waals surface area contributed by atoms with E-state index in [-0.39, 0.29) is 23.1 Å². The molecule has 0 saturated carbocycles. The number of imide groups is 1. The molecule has 2 aromatic rings. The van der Waals surface area contributed by atoms with Gasteiger partial charge in [0.15, 0.2) is 12.4 Å². The summed E-state index contributed by atoms with van der Waals surface area (Å²) in [5, 5.41) is 7.04. The third-order valence-corrected chi connectivity index (χ3v) is 3.15. The number of furan rings is 1. The summed E-state index contributed by atoms with van der Waals surface area (Å²) in [6.07, 6.45) is 1.35. The largest absolute Gasteiger partial charge is 0.459 e. The molecule has 0 aliphatic heterocycles. The molecule has 0 radical (unpaired) electrons. The maximum atomic E-state index is 12.2. The van der Waals surface area contributed by atoms with Gasteiger partial charge in [0.1, 0.15) is 0 Å². The van der Waals surface area contributed by atoms with E-state index in [9.17, 15) is 19.2 Å². The molecular formula is C18H19N3O6. The molecule has 0 unspecified atom stereocenters. The highest BCUT2D eigenvalue weighted by Crippen LogP contribution is 2.17.